The Morgan fingerprint density at radius 1 is 1.41 bits per heavy atom. The van der Waals surface area contributed by atoms with Crippen LogP contribution in [0.3, 0.4) is 0 Å². The van der Waals surface area contributed by atoms with E-state index in [1.807, 2.05) is 0 Å². The first-order valence-corrected chi connectivity index (χ1v) is 4.24. The molecule has 0 unspecified atom stereocenters. The summed E-state index contributed by atoms with van der Waals surface area (Å²) in [6, 6.07) is 2.14. The predicted molar refractivity (Wildman–Crippen MR) is 45.0 cm³/mol. The topological polar surface area (TPSA) is 45.9 Å². The molecule has 92 valence electrons. The van der Waals surface area contributed by atoms with Crippen LogP contribution >= 0.6 is 0 Å². The number of alkyl halides is 4. The Kier molecular flexibility index (Phi) is 3.83. The van der Waals surface area contributed by atoms with E-state index in [0.29, 0.717) is 6.07 Å². The SMILES string of the molecule is N#CCc1nc(F)c(OC(F)(F)F)cc1CF. The molecule has 3 nitrogen and oxygen atoms in total. The number of nitriles is 1. The molecule has 1 rings (SSSR count). The summed E-state index contributed by atoms with van der Waals surface area (Å²) in [5.41, 5.74) is -0.561. The maximum atomic E-state index is 13.1. The van der Waals surface area contributed by atoms with Crippen molar-refractivity contribution >= 4 is 0 Å². The van der Waals surface area contributed by atoms with Gasteiger partial charge in [0.2, 0.25) is 0 Å². The molecule has 0 aliphatic rings. The fourth-order valence-corrected chi connectivity index (χ4v) is 1.09. The van der Waals surface area contributed by atoms with Gasteiger partial charge in [0, 0.05) is 5.56 Å². The van der Waals surface area contributed by atoms with Gasteiger partial charge in [0.05, 0.1) is 18.2 Å². The lowest BCUT2D eigenvalue weighted by atomic mass is 10.1. The Morgan fingerprint density at radius 3 is 2.53 bits per heavy atom. The number of ether oxygens (including phenoxy) is 1. The Morgan fingerprint density at radius 2 is 2.06 bits per heavy atom. The summed E-state index contributed by atoms with van der Waals surface area (Å²) in [6.07, 6.45) is -5.49. The minimum atomic E-state index is -5.09. The Hall–Kier alpha value is -1.91. The van der Waals surface area contributed by atoms with E-state index in [1.165, 1.54) is 0 Å². The highest BCUT2D eigenvalue weighted by molar-refractivity contribution is 5.31. The summed E-state index contributed by atoms with van der Waals surface area (Å²) >= 11 is 0. The van der Waals surface area contributed by atoms with Crippen molar-refractivity contribution in [2.24, 2.45) is 0 Å². The van der Waals surface area contributed by atoms with Crippen LogP contribution in [0, 0.1) is 17.3 Å². The van der Waals surface area contributed by atoms with Crippen LogP contribution in [-0.4, -0.2) is 11.3 Å². The summed E-state index contributed by atoms with van der Waals surface area (Å²) in [5, 5.41) is 8.34. The van der Waals surface area contributed by atoms with Crippen molar-refractivity contribution in [1.29, 1.82) is 5.26 Å². The second kappa shape index (κ2) is 4.95. The Bertz CT molecular complexity index is 452. The summed E-state index contributed by atoms with van der Waals surface area (Å²) in [7, 11) is 0. The lowest BCUT2D eigenvalue weighted by Gasteiger charge is -2.11. The van der Waals surface area contributed by atoms with Gasteiger partial charge in [0.1, 0.15) is 6.67 Å². The maximum absolute atomic E-state index is 13.1. The van der Waals surface area contributed by atoms with Gasteiger partial charge in [0.25, 0.3) is 5.95 Å². The highest BCUT2D eigenvalue weighted by Crippen LogP contribution is 2.27. The molecule has 0 fully saturated rings. The first-order chi connectivity index (χ1) is 7.87. The van der Waals surface area contributed by atoms with Gasteiger partial charge in [-0.2, -0.15) is 9.65 Å². The molecule has 0 bridgehead atoms. The van der Waals surface area contributed by atoms with E-state index < -0.39 is 31.2 Å². The largest absolute Gasteiger partial charge is 0.573 e. The van der Waals surface area contributed by atoms with E-state index in [1.54, 1.807) is 6.07 Å². The van der Waals surface area contributed by atoms with Gasteiger partial charge in [-0.05, 0) is 6.07 Å². The lowest BCUT2D eigenvalue weighted by molar-refractivity contribution is -0.275. The van der Waals surface area contributed by atoms with Crippen molar-refractivity contribution < 1.29 is 26.7 Å². The molecule has 0 aromatic carbocycles. The highest BCUT2D eigenvalue weighted by atomic mass is 19.4. The molecule has 1 aromatic heterocycles. The molecule has 17 heavy (non-hydrogen) atoms. The molecular weight excluding hydrogens is 247 g/mol. The molecule has 0 aliphatic carbocycles. The monoisotopic (exact) mass is 252 g/mol. The van der Waals surface area contributed by atoms with Crippen molar-refractivity contribution in [2.45, 2.75) is 19.5 Å². The molecule has 1 aromatic rings. The summed E-state index contributed by atoms with van der Waals surface area (Å²) in [6.45, 7) is -1.17. The lowest BCUT2D eigenvalue weighted by Crippen LogP contribution is -2.19. The molecule has 0 saturated carbocycles. The highest BCUT2D eigenvalue weighted by Gasteiger charge is 2.33. The number of aromatic nitrogens is 1. The average molecular weight is 252 g/mol. The van der Waals surface area contributed by atoms with E-state index in [9.17, 15) is 22.0 Å². The number of pyridine rings is 1. The zero-order valence-corrected chi connectivity index (χ0v) is 8.18. The molecular formula is C9H5F5N2O. The van der Waals surface area contributed by atoms with E-state index >= 15 is 0 Å². The zero-order valence-electron chi connectivity index (χ0n) is 8.18. The second-order valence-electron chi connectivity index (χ2n) is 2.90. The molecule has 0 atom stereocenters. The molecule has 8 heteroatoms. The van der Waals surface area contributed by atoms with Crippen LogP contribution in [0.2, 0.25) is 0 Å². The van der Waals surface area contributed by atoms with E-state index in [0.717, 1.165) is 0 Å². The van der Waals surface area contributed by atoms with Crippen molar-refractivity contribution in [2.75, 3.05) is 0 Å². The van der Waals surface area contributed by atoms with Crippen LogP contribution < -0.4 is 4.74 Å². The van der Waals surface area contributed by atoms with Gasteiger partial charge < -0.3 is 4.74 Å². The third kappa shape index (κ3) is 3.55. The van der Waals surface area contributed by atoms with Crippen LogP contribution in [0.5, 0.6) is 5.75 Å². The second-order valence-corrected chi connectivity index (χ2v) is 2.90. The van der Waals surface area contributed by atoms with E-state index in [4.69, 9.17) is 5.26 Å². The van der Waals surface area contributed by atoms with Crippen molar-refractivity contribution in [1.82, 2.24) is 4.98 Å². The van der Waals surface area contributed by atoms with Crippen LogP contribution in [0.4, 0.5) is 22.0 Å². The number of hydrogen-bond acceptors (Lipinski definition) is 3. The van der Waals surface area contributed by atoms with Crippen LogP contribution in [0.1, 0.15) is 11.3 Å². The standard InChI is InChI=1S/C9H5F5N2O/c10-4-5-3-7(17-9(12,13)14)8(11)16-6(5)1-2-15/h3H,1,4H2. The number of rotatable bonds is 3. The van der Waals surface area contributed by atoms with Crippen LogP contribution in [-0.2, 0) is 13.1 Å². The number of hydrogen-bond donors (Lipinski definition) is 0. The van der Waals surface area contributed by atoms with E-state index in [2.05, 4.69) is 9.72 Å². The molecule has 0 N–H and O–H groups in total. The minimum Gasteiger partial charge on any atom is -0.401 e. The summed E-state index contributed by atoms with van der Waals surface area (Å²) < 4.78 is 64.3. The summed E-state index contributed by atoms with van der Waals surface area (Å²) in [4.78, 5) is 3.06. The van der Waals surface area contributed by atoms with Gasteiger partial charge >= 0.3 is 6.36 Å². The zero-order chi connectivity index (χ0) is 13.1. The van der Waals surface area contributed by atoms with Crippen molar-refractivity contribution in [3.05, 3.63) is 23.3 Å². The first kappa shape index (κ1) is 13.2. The van der Waals surface area contributed by atoms with E-state index in [-0.39, 0.29) is 11.3 Å². The smallest absolute Gasteiger partial charge is 0.401 e. The number of nitrogens with zero attached hydrogens (tertiary/aromatic N) is 2. The van der Waals surface area contributed by atoms with Crippen molar-refractivity contribution in [3.8, 4) is 11.8 Å². The molecule has 0 radical (unpaired) electrons. The maximum Gasteiger partial charge on any atom is 0.573 e. The van der Waals surface area contributed by atoms with Crippen molar-refractivity contribution in [3.63, 3.8) is 0 Å². The van der Waals surface area contributed by atoms with Gasteiger partial charge in [-0.25, -0.2) is 9.37 Å². The van der Waals surface area contributed by atoms with Gasteiger partial charge in [-0.3, -0.25) is 0 Å². The van der Waals surface area contributed by atoms with Crippen LogP contribution in [0.15, 0.2) is 6.07 Å². The Labute approximate surface area is 92.4 Å². The number of halogens is 5. The fourth-order valence-electron chi connectivity index (χ4n) is 1.09. The average Bonchev–Trinajstić information content (AvgIpc) is 2.20. The molecule has 0 aliphatic heterocycles. The predicted octanol–water partition coefficient (Wildman–Crippen LogP) is 2.65. The first-order valence-electron chi connectivity index (χ1n) is 4.24. The quantitative estimate of drug-likeness (QED) is 0.613. The normalized spacial score (nSPS) is 11.1. The van der Waals surface area contributed by atoms with Gasteiger partial charge in [-0.1, -0.05) is 0 Å². The Balaban J connectivity index is 3.14. The van der Waals surface area contributed by atoms with Gasteiger partial charge in [-0.15, -0.1) is 13.2 Å². The van der Waals surface area contributed by atoms with Gasteiger partial charge in [0.15, 0.2) is 5.75 Å². The third-order valence-electron chi connectivity index (χ3n) is 1.73. The third-order valence-corrected chi connectivity index (χ3v) is 1.73. The molecule has 0 amide bonds. The minimum absolute atomic E-state index is 0.248. The summed E-state index contributed by atoms with van der Waals surface area (Å²) in [5.74, 6) is -2.75. The fraction of sp³-hybridized carbons (Fsp3) is 0.333. The molecule has 0 saturated heterocycles. The molecule has 1 heterocycles. The molecule has 0 spiro atoms. The van der Waals surface area contributed by atoms with Crippen LogP contribution in [0.25, 0.3) is 0 Å².